The zero-order chi connectivity index (χ0) is 30.9. The maximum atomic E-state index is 12.8. The Balaban J connectivity index is 1.78. The number of anilines is 1. The van der Waals surface area contributed by atoms with E-state index >= 15 is 0 Å². The molecule has 2 aliphatic rings. The Hall–Kier alpha value is -2.14. The molecular formula is C20H33N4O16P. The smallest absolute Gasteiger partial charge is 0.475 e. The maximum absolute atomic E-state index is 12.8. The van der Waals surface area contributed by atoms with Gasteiger partial charge in [0.15, 0.2) is 6.23 Å². The van der Waals surface area contributed by atoms with Gasteiger partial charge in [-0.25, -0.2) is 18.7 Å². The molecule has 2 saturated heterocycles. The lowest BCUT2D eigenvalue weighted by Crippen LogP contribution is -2.68. The summed E-state index contributed by atoms with van der Waals surface area (Å²) in [6, 6.07) is -0.258. The van der Waals surface area contributed by atoms with Gasteiger partial charge in [-0.1, -0.05) is 0 Å². The van der Waals surface area contributed by atoms with Gasteiger partial charge in [0.2, 0.25) is 0 Å². The second-order valence-electron chi connectivity index (χ2n) is 9.47. The number of aliphatic hydroxyl groups excluding tert-OH is 7. The number of rotatable bonds is 12. The van der Waals surface area contributed by atoms with Gasteiger partial charge in [0.1, 0.15) is 48.7 Å². The van der Waals surface area contributed by atoms with Crippen molar-refractivity contribution in [1.29, 1.82) is 0 Å². The molecule has 12 N–H and O–H groups in total. The molecule has 0 spiro atoms. The average molecular weight is 616 g/mol. The first kappa shape index (κ1) is 33.4. The molecule has 234 valence electrons. The van der Waals surface area contributed by atoms with E-state index < -0.39 is 106 Å². The summed E-state index contributed by atoms with van der Waals surface area (Å²) in [5, 5.41) is 82.7. The number of nitrogens with one attached hydrogen (secondary N) is 1. The van der Waals surface area contributed by atoms with Gasteiger partial charge in [0.05, 0.1) is 25.4 Å². The SMILES string of the molecule is CC(O)NC1C(O)CC(OP(=O)(O)OCC2OC(n3ccc(N)nc3=O)[C@H](O)[C@@H]2O)(C(=O)O)OC1C(O)C(O)CO. The van der Waals surface area contributed by atoms with Crippen molar-refractivity contribution in [3.63, 3.8) is 0 Å². The molecule has 3 rings (SSSR count). The first-order valence-corrected chi connectivity index (χ1v) is 13.6. The van der Waals surface area contributed by atoms with Crippen molar-refractivity contribution in [3.8, 4) is 0 Å². The quantitative estimate of drug-likeness (QED) is 0.0770. The molecule has 1 aromatic rings. The Kier molecular flexibility index (Phi) is 10.6. The molecule has 41 heavy (non-hydrogen) atoms. The molecule has 3 heterocycles. The first-order chi connectivity index (χ1) is 19.0. The van der Waals surface area contributed by atoms with Gasteiger partial charge in [0, 0.05) is 12.6 Å². The van der Waals surface area contributed by atoms with E-state index in [1.54, 1.807) is 0 Å². The zero-order valence-electron chi connectivity index (χ0n) is 21.4. The van der Waals surface area contributed by atoms with E-state index in [4.69, 9.17) is 24.3 Å². The molecule has 0 amide bonds. The van der Waals surface area contributed by atoms with E-state index in [1.165, 1.54) is 13.0 Å². The van der Waals surface area contributed by atoms with Crippen LogP contribution in [-0.2, 0) is 27.9 Å². The van der Waals surface area contributed by atoms with Crippen LogP contribution in [0.5, 0.6) is 0 Å². The number of aromatic nitrogens is 2. The highest BCUT2D eigenvalue weighted by molar-refractivity contribution is 7.47. The number of carboxylic acid groups (broad SMARTS) is 1. The first-order valence-electron chi connectivity index (χ1n) is 12.1. The number of ether oxygens (including phenoxy) is 2. The summed E-state index contributed by atoms with van der Waals surface area (Å²) in [6.07, 6.45) is -15.7. The summed E-state index contributed by atoms with van der Waals surface area (Å²) in [4.78, 5) is 38.1. The Morgan fingerprint density at radius 3 is 2.54 bits per heavy atom. The summed E-state index contributed by atoms with van der Waals surface area (Å²) >= 11 is 0. The second kappa shape index (κ2) is 13.0. The molecule has 0 saturated carbocycles. The summed E-state index contributed by atoms with van der Waals surface area (Å²) in [5.74, 6) is -5.38. The van der Waals surface area contributed by atoms with Crippen LogP contribution in [0.2, 0.25) is 0 Å². The highest BCUT2D eigenvalue weighted by atomic mass is 31.2. The number of phosphoric acid groups is 1. The number of carboxylic acids is 1. The Labute approximate surface area is 230 Å². The molecule has 20 nitrogen and oxygen atoms in total. The zero-order valence-corrected chi connectivity index (χ0v) is 22.2. The van der Waals surface area contributed by atoms with E-state index in [9.17, 15) is 59.9 Å². The number of nitrogen functional groups attached to an aromatic ring is 1. The number of hydrogen-bond donors (Lipinski definition) is 11. The number of nitrogens with two attached hydrogens (primary N) is 1. The van der Waals surface area contributed by atoms with Crippen LogP contribution in [-0.4, -0.2) is 135 Å². The van der Waals surface area contributed by atoms with E-state index in [1.807, 2.05) is 0 Å². The third-order valence-corrected chi connectivity index (χ3v) is 7.38. The van der Waals surface area contributed by atoms with Crippen LogP contribution in [0.1, 0.15) is 19.6 Å². The predicted molar refractivity (Wildman–Crippen MR) is 129 cm³/mol. The molecule has 2 aliphatic heterocycles. The Bertz CT molecular complexity index is 1170. The number of aliphatic carboxylic acids is 1. The van der Waals surface area contributed by atoms with Gasteiger partial charge in [-0.15, -0.1) is 0 Å². The van der Waals surface area contributed by atoms with Crippen molar-refractivity contribution in [1.82, 2.24) is 14.9 Å². The van der Waals surface area contributed by atoms with E-state index in [-0.39, 0.29) is 5.82 Å². The van der Waals surface area contributed by atoms with Crippen molar-refractivity contribution in [2.75, 3.05) is 18.9 Å². The molecule has 0 aromatic carbocycles. The molecule has 12 atom stereocenters. The van der Waals surface area contributed by atoms with Gasteiger partial charge in [-0.3, -0.25) is 14.4 Å². The van der Waals surface area contributed by atoms with Crippen LogP contribution < -0.4 is 16.7 Å². The average Bonchev–Trinajstić information content (AvgIpc) is 3.16. The fourth-order valence-electron chi connectivity index (χ4n) is 4.39. The van der Waals surface area contributed by atoms with Crippen molar-refractivity contribution < 1.29 is 73.6 Å². The predicted octanol–water partition coefficient (Wildman–Crippen LogP) is -5.48. The lowest BCUT2D eigenvalue weighted by molar-refractivity contribution is -0.291. The van der Waals surface area contributed by atoms with Crippen LogP contribution in [0, 0.1) is 0 Å². The lowest BCUT2D eigenvalue weighted by atomic mass is 9.88. The fraction of sp³-hybridized carbons (Fsp3) is 0.750. The lowest BCUT2D eigenvalue weighted by Gasteiger charge is -2.47. The molecule has 2 fully saturated rings. The molecular weight excluding hydrogens is 583 g/mol. The van der Waals surface area contributed by atoms with Crippen LogP contribution in [0.4, 0.5) is 5.82 Å². The molecule has 0 aliphatic carbocycles. The Morgan fingerprint density at radius 1 is 1.32 bits per heavy atom. The number of aliphatic hydroxyl groups is 7. The van der Waals surface area contributed by atoms with Crippen LogP contribution in [0.25, 0.3) is 0 Å². The fourth-order valence-corrected chi connectivity index (χ4v) is 5.34. The van der Waals surface area contributed by atoms with Gasteiger partial charge >= 0.3 is 19.5 Å². The van der Waals surface area contributed by atoms with E-state index in [0.717, 1.165) is 10.8 Å². The minimum atomic E-state index is -5.50. The van der Waals surface area contributed by atoms with Crippen LogP contribution >= 0.6 is 7.82 Å². The third kappa shape index (κ3) is 7.45. The van der Waals surface area contributed by atoms with E-state index in [2.05, 4.69) is 10.3 Å². The summed E-state index contributed by atoms with van der Waals surface area (Å²) in [7, 11) is -5.50. The molecule has 0 bridgehead atoms. The number of nitrogens with zero attached hydrogens (tertiary/aromatic N) is 2. The van der Waals surface area contributed by atoms with Gasteiger partial charge in [0.25, 0.3) is 5.79 Å². The molecule has 21 heteroatoms. The third-order valence-electron chi connectivity index (χ3n) is 6.38. The van der Waals surface area contributed by atoms with Crippen LogP contribution in [0.15, 0.2) is 17.1 Å². The molecule has 0 radical (unpaired) electrons. The second-order valence-corrected chi connectivity index (χ2v) is 10.8. The summed E-state index contributed by atoms with van der Waals surface area (Å²) < 4.78 is 33.8. The number of carbonyl (C=O) groups is 1. The van der Waals surface area contributed by atoms with Gasteiger partial charge in [-0.05, 0) is 13.0 Å². The number of hydrogen-bond acceptors (Lipinski definition) is 17. The van der Waals surface area contributed by atoms with Crippen molar-refractivity contribution in [3.05, 3.63) is 22.7 Å². The molecule has 10 unspecified atom stereocenters. The van der Waals surface area contributed by atoms with Crippen molar-refractivity contribution in [2.24, 2.45) is 0 Å². The monoisotopic (exact) mass is 616 g/mol. The van der Waals surface area contributed by atoms with Crippen molar-refractivity contribution in [2.45, 2.75) is 80.4 Å². The standard InChI is InChI=1S/C20H33N4O16P/c1-7(26)22-12-8(27)4-20(18(32)33,39-16(12)13(29)9(28)5-25)40-41(35,36)37-6-10-14(30)15(31)17(38-10)24-3-2-11(21)23-19(24)34/h2-3,7-10,12-17,22,25-31H,4-6H2,1H3,(H,32,33)(H,35,36)(H2,21,23,34)/t7?,8?,9?,10?,12?,13?,14-,15-,16?,17?,20?/m1/s1. The van der Waals surface area contributed by atoms with E-state index in [0.29, 0.717) is 0 Å². The summed E-state index contributed by atoms with van der Waals surface area (Å²) in [5.41, 5.74) is 4.47. The highest BCUT2D eigenvalue weighted by Crippen LogP contribution is 2.51. The van der Waals surface area contributed by atoms with Gasteiger partial charge in [-0.2, -0.15) is 4.98 Å². The minimum Gasteiger partial charge on any atom is -0.477 e. The topological polar surface area (TPSA) is 326 Å². The largest absolute Gasteiger partial charge is 0.477 e. The van der Waals surface area contributed by atoms with Crippen molar-refractivity contribution >= 4 is 19.6 Å². The summed E-state index contributed by atoms with van der Waals surface area (Å²) in [6.45, 7) is -0.819. The maximum Gasteiger partial charge on any atom is 0.475 e. The molecule has 1 aromatic heterocycles. The minimum absolute atomic E-state index is 0.131. The Morgan fingerprint density at radius 2 is 1.98 bits per heavy atom. The number of phosphoric ester groups is 1. The van der Waals surface area contributed by atoms with Gasteiger partial charge < -0.3 is 61.0 Å². The highest BCUT2D eigenvalue weighted by Gasteiger charge is 2.58. The normalized spacial score (nSPS) is 35.9. The van der Waals surface area contributed by atoms with Crippen LogP contribution in [0.3, 0.4) is 0 Å².